The summed E-state index contributed by atoms with van der Waals surface area (Å²) < 4.78 is 6.22. The Bertz CT molecular complexity index is 890. The van der Waals surface area contributed by atoms with Crippen molar-refractivity contribution in [2.24, 2.45) is 0 Å². The highest BCUT2D eigenvalue weighted by Gasteiger charge is 2.19. The van der Waals surface area contributed by atoms with Crippen molar-refractivity contribution in [1.82, 2.24) is 10.3 Å². The molecule has 2 amide bonds. The van der Waals surface area contributed by atoms with Gasteiger partial charge in [-0.1, -0.05) is 23.5 Å². The van der Waals surface area contributed by atoms with Gasteiger partial charge in [0.25, 0.3) is 0 Å². The zero-order chi connectivity index (χ0) is 17.8. The molecule has 0 saturated carbocycles. The Kier molecular flexibility index (Phi) is 5.30. The molecule has 0 unspecified atom stereocenters. The highest BCUT2D eigenvalue weighted by molar-refractivity contribution is 7.22. The molecule has 3 aromatic rings. The van der Waals surface area contributed by atoms with Crippen molar-refractivity contribution in [3.05, 3.63) is 40.6 Å². The van der Waals surface area contributed by atoms with Crippen molar-refractivity contribution in [3.8, 4) is 5.75 Å². The molecule has 0 aliphatic carbocycles. The van der Waals surface area contributed by atoms with Crippen LogP contribution in [0, 0.1) is 0 Å². The molecular weight excluding hydrogens is 358 g/mol. The summed E-state index contributed by atoms with van der Waals surface area (Å²) in [5.74, 6) is 0.296. The first-order valence-corrected chi connectivity index (χ1v) is 9.30. The number of carbonyl (C=O) groups excluding carboxylic acids is 2. The first-order valence-electron chi connectivity index (χ1n) is 7.60. The van der Waals surface area contributed by atoms with Crippen LogP contribution in [0.5, 0.6) is 5.75 Å². The van der Waals surface area contributed by atoms with Crippen LogP contribution in [-0.4, -0.2) is 23.9 Å². The van der Waals surface area contributed by atoms with Gasteiger partial charge in [0.1, 0.15) is 11.3 Å². The molecule has 25 heavy (non-hydrogen) atoms. The van der Waals surface area contributed by atoms with Gasteiger partial charge < -0.3 is 15.4 Å². The number of hydrogen-bond acceptors (Lipinski definition) is 6. The Hall–Kier alpha value is -2.45. The molecule has 8 heteroatoms. The Morgan fingerprint density at radius 2 is 2.12 bits per heavy atom. The third-order valence-corrected chi connectivity index (χ3v) is 5.42. The lowest BCUT2D eigenvalue weighted by Gasteiger charge is -2.15. The summed E-state index contributed by atoms with van der Waals surface area (Å²) in [6.07, 6.45) is 0.146. The van der Waals surface area contributed by atoms with Gasteiger partial charge in [-0.15, -0.1) is 11.3 Å². The van der Waals surface area contributed by atoms with Gasteiger partial charge >= 0.3 is 0 Å². The van der Waals surface area contributed by atoms with Crippen LogP contribution in [0.2, 0.25) is 0 Å². The van der Waals surface area contributed by atoms with E-state index in [2.05, 4.69) is 15.6 Å². The van der Waals surface area contributed by atoms with Crippen molar-refractivity contribution < 1.29 is 14.3 Å². The Morgan fingerprint density at radius 1 is 1.28 bits per heavy atom. The number of fused-ring (bicyclic) bond motifs is 1. The van der Waals surface area contributed by atoms with E-state index in [4.69, 9.17) is 4.74 Å². The fraction of sp³-hybridized carbons (Fsp3) is 0.235. The summed E-state index contributed by atoms with van der Waals surface area (Å²) in [7, 11) is 1.59. The summed E-state index contributed by atoms with van der Waals surface area (Å²) >= 11 is 2.89. The molecule has 130 valence electrons. The molecule has 0 fully saturated rings. The molecule has 2 heterocycles. The monoisotopic (exact) mass is 375 g/mol. The zero-order valence-electron chi connectivity index (χ0n) is 13.7. The molecule has 0 spiro atoms. The largest absolute Gasteiger partial charge is 0.494 e. The number of ether oxygens (including phenoxy) is 1. The molecule has 1 aromatic carbocycles. The van der Waals surface area contributed by atoms with E-state index < -0.39 is 0 Å². The van der Waals surface area contributed by atoms with E-state index in [-0.39, 0.29) is 24.3 Å². The van der Waals surface area contributed by atoms with Crippen LogP contribution in [0.3, 0.4) is 0 Å². The molecule has 0 aliphatic heterocycles. The predicted molar refractivity (Wildman–Crippen MR) is 100 cm³/mol. The van der Waals surface area contributed by atoms with Crippen LogP contribution >= 0.6 is 22.7 Å². The van der Waals surface area contributed by atoms with Gasteiger partial charge in [-0.2, -0.15) is 0 Å². The number of methoxy groups -OCH3 is 1. The number of hydrogen-bond donors (Lipinski definition) is 2. The highest BCUT2D eigenvalue weighted by atomic mass is 32.1. The van der Waals surface area contributed by atoms with E-state index >= 15 is 0 Å². The maximum absolute atomic E-state index is 12.4. The maximum atomic E-state index is 12.4. The van der Waals surface area contributed by atoms with E-state index in [9.17, 15) is 9.59 Å². The van der Waals surface area contributed by atoms with Crippen molar-refractivity contribution in [1.29, 1.82) is 0 Å². The minimum absolute atomic E-state index is 0.146. The number of carbonyl (C=O) groups is 2. The Labute approximate surface area is 152 Å². The minimum Gasteiger partial charge on any atom is -0.494 e. The summed E-state index contributed by atoms with van der Waals surface area (Å²) in [4.78, 5) is 29.2. The van der Waals surface area contributed by atoms with Gasteiger partial charge in [-0.05, 0) is 23.6 Å². The number of nitrogens with one attached hydrogen (secondary N) is 2. The van der Waals surface area contributed by atoms with Crippen LogP contribution in [0.15, 0.2) is 35.7 Å². The van der Waals surface area contributed by atoms with Crippen LogP contribution < -0.4 is 15.4 Å². The molecule has 0 bridgehead atoms. The summed E-state index contributed by atoms with van der Waals surface area (Å²) in [6, 6.07) is 9.09. The van der Waals surface area contributed by atoms with E-state index in [0.717, 1.165) is 15.1 Å². The predicted octanol–water partition coefficient (Wildman–Crippen LogP) is 3.57. The minimum atomic E-state index is -0.346. The lowest BCUT2D eigenvalue weighted by molar-refractivity contribution is -0.120. The molecule has 1 atom stereocenters. The Balaban J connectivity index is 1.74. The number of aromatic nitrogens is 1. The van der Waals surface area contributed by atoms with E-state index in [1.165, 1.54) is 29.6 Å². The van der Waals surface area contributed by atoms with E-state index in [1.807, 2.05) is 35.7 Å². The average Bonchev–Trinajstić information content (AvgIpc) is 3.22. The highest BCUT2D eigenvalue weighted by Crippen LogP contribution is 2.32. The molecular formula is C17H17N3O3S2. The first-order chi connectivity index (χ1) is 12.1. The number of benzene rings is 1. The third kappa shape index (κ3) is 4.15. The van der Waals surface area contributed by atoms with Crippen LogP contribution in [-0.2, 0) is 9.59 Å². The second kappa shape index (κ2) is 7.62. The second-order valence-electron chi connectivity index (χ2n) is 5.35. The topological polar surface area (TPSA) is 80.3 Å². The molecule has 2 aromatic heterocycles. The van der Waals surface area contributed by atoms with E-state index in [1.54, 1.807) is 7.11 Å². The third-order valence-electron chi connectivity index (χ3n) is 3.50. The zero-order valence-corrected chi connectivity index (χ0v) is 15.4. The van der Waals surface area contributed by atoms with Crippen molar-refractivity contribution in [2.75, 3.05) is 12.4 Å². The number of nitrogens with zero attached hydrogens (tertiary/aromatic N) is 1. The molecule has 0 aliphatic rings. The lowest BCUT2D eigenvalue weighted by Crippen LogP contribution is -2.29. The number of thiazole rings is 1. The van der Waals surface area contributed by atoms with Gasteiger partial charge in [0.2, 0.25) is 11.8 Å². The van der Waals surface area contributed by atoms with Gasteiger partial charge in [0.05, 0.1) is 24.3 Å². The van der Waals surface area contributed by atoms with Gasteiger partial charge in [-0.3, -0.25) is 9.59 Å². The Morgan fingerprint density at radius 3 is 2.80 bits per heavy atom. The molecule has 0 saturated heterocycles. The van der Waals surface area contributed by atoms with Gasteiger partial charge in [0.15, 0.2) is 5.13 Å². The average molecular weight is 375 g/mol. The van der Waals surface area contributed by atoms with Crippen LogP contribution in [0.25, 0.3) is 10.2 Å². The molecule has 2 N–H and O–H groups in total. The maximum Gasteiger partial charge on any atom is 0.228 e. The second-order valence-corrected chi connectivity index (χ2v) is 7.36. The number of para-hydroxylation sites is 1. The normalized spacial score (nSPS) is 11.9. The fourth-order valence-electron chi connectivity index (χ4n) is 2.45. The smallest absolute Gasteiger partial charge is 0.228 e. The van der Waals surface area contributed by atoms with Gasteiger partial charge in [0, 0.05) is 11.8 Å². The number of rotatable bonds is 6. The number of thiophene rings is 1. The van der Waals surface area contributed by atoms with Crippen molar-refractivity contribution in [2.45, 2.75) is 19.4 Å². The van der Waals surface area contributed by atoms with Crippen LogP contribution in [0.1, 0.15) is 24.3 Å². The molecule has 6 nitrogen and oxygen atoms in total. The summed E-state index contributed by atoms with van der Waals surface area (Å²) in [5.41, 5.74) is 0.724. The van der Waals surface area contributed by atoms with Crippen molar-refractivity contribution in [3.63, 3.8) is 0 Å². The lowest BCUT2D eigenvalue weighted by atomic mass is 10.1. The summed E-state index contributed by atoms with van der Waals surface area (Å²) in [6.45, 7) is 1.44. The number of amides is 2. The van der Waals surface area contributed by atoms with Crippen molar-refractivity contribution >= 4 is 49.8 Å². The molecule has 3 rings (SSSR count). The van der Waals surface area contributed by atoms with Crippen LogP contribution in [0.4, 0.5) is 5.13 Å². The summed E-state index contributed by atoms with van der Waals surface area (Å²) in [5, 5.41) is 8.06. The number of anilines is 1. The fourth-order valence-corrected chi connectivity index (χ4v) is 4.13. The standard InChI is InChI=1S/C17H17N3O3S2/c1-10(21)18-11(13-7-4-8-24-13)9-15(22)19-17-20-16-12(23-2)5-3-6-14(16)25-17/h3-8,11H,9H2,1-2H3,(H,18,21)(H,19,20,22)/t11-/m1/s1. The van der Waals surface area contributed by atoms with E-state index in [0.29, 0.717) is 10.9 Å². The quantitative estimate of drug-likeness (QED) is 0.690. The molecule has 0 radical (unpaired) electrons. The SMILES string of the molecule is COc1cccc2sc(NC(=O)C[C@@H](NC(C)=O)c3cccs3)nc12. The first kappa shape index (κ1) is 17.4. The van der Waals surface area contributed by atoms with Gasteiger partial charge in [-0.25, -0.2) is 4.98 Å².